The fraction of sp³-hybridized carbons (Fsp3) is 0.417. The molecule has 1 saturated carbocycles. The average molecular weight is 549 g/mol. The molecule has 2 bridgehead atoms. The van der Waals surface area contributed by atoms with Crippen LogP contribution in [-0.4, -0.2) is 59.1 Å². The van der Waals surface area contributed by atoms with Gasteiger partial charge in [-0.3, -0.25) is 9.69 Å². The number of carbonyl (C=O) groups excluding carboxylic acids is 1. The first-order valence-corrected chi connectivity index (χ1v) is 15.2. The monoisotopic (exact) mass is 548 g/mol. The first-order valence-electron chi connectivity index (χ1n) is 15.2. The van der Waals surface area contributed by atoms with Crippen molar-refractivity contribution in [2.75, 3.05) is 20.1 Å². The quantitative estimate of drug-likeness (QED) is 0.379. The van der Waals surface area contributed by atoms with E-state index in [2.05, 4.69) is 67.3 Å². The zero-order valence-corrected chi connectivity index (χ0v) is 24.3. The molecule has 212 valence electrons. The first kappa shape index (κ1) is 26.3. The van der Waals surface area contributed by atoms with Crippen LogP contribution in [0.2, 0.25) is 0 Å². The molecule has 1 amide bonds. The van der Waals surface area contributed by atoms with Crippen LogP contribution in [0.25, 0.3) is 6.08 Å². The van der Waals surface area contributed by atoms with Gasteiger partial charge in [-0.2, -0.15) is 0 Å². The lowest BCUT2D eigenvalue weighted by Crippen LogP contribution is -2.69. The van der Waals surface area contributed by atoms with Crippen molar-refractivity contribution in [1.29, 1.82) is 0 Å². The molecule has 0 aromatic heterocycles. The highest BCUT2D eigenvalue weighted by Crippen LogP contribution is 2.64. The molecule has 7 rings (SSSR count). The lowest BCUT2D eigenvalue weighted by molar-refractivity contribution is -0.135. The largest absolute Gasteiger partial charge is 0.504 e. The highest BCUT2D eigenvalue weighted by atomic mass is 16.5. The molecule has 2 heterocycles. The normalized spacial score (nSPS) is 28.7. The fourth-order valence-electron chi connectivity index (χ4n) is 8.68. The Balaban J connectivity index is 1.19. The van der Waals surface area contributed by atoms with E-state index < -0.39 is 0 Å². The summed E-state index contributed by atoms with van der Waals surface area (Å²) in [5.41, 5.74) is 5.97. The van der Waals surface area contributed by atoms with E-state index in [9.17, 15) is 9.90 Å². The minimum atomic E-state index is -0.170. The second-order valence-electron chi connectivity index (χ2n) is 12.8. The molecular formula is C36H40N2O3. The number of aryl methyl sites for hydroxylation is 1. The van der Waals surface area contributed by atoms with Gasteiger partial charge < -0.3 is 14.7 Å². The Morgan fingerprint density at radius 3 is 2.78 bits per heavy atom. The number of hydrogen-bond donors (Lipinski definition) is 1. The molecule has 5 nitrogen and oxygen atoms in total. The summed E-state index contributed by atoms with van der Waals surface area (Å²) in [6, 6.07) is 23.4. The van der Waals surface area contributed by atoms with Crippen LogP contribution in [0.5, 0.6) is 11.5 Å². The summed E-state index contributed by atoms with van der Waals surface area (Å²) < 4.78 is 6.77. The summed E-state index contributed by atoms with van der Waals surface area (Å²) in [5.74, 6) is 1.80. The molecule has 3 aromatic rings. The minimum absolute atomic E-state index is 0.00293. The van der Waals surface area contributed by atoms with Gasteiger partial charge in [0.05, 0.1) is 6.04 Å². The lowest BCUT2D eigenvalue weighted by atomic mass is 9.51. The van der Waals surface area contributed by atoms with Crippen molar-refractivity contribution in [2.45, 2.75) is 69.1 Å². The van der Waals surface area contributed by atoms with Crippen molar-refractivity contribution < 1.29 is 14.6 Å². The van der Waals surface area contributed by atoms with Gasteiger partial charge in [-0.1, -0.05) is 73.2 Å². The number of benzene rings is 3. The topological polar surface area (TPSA) is 53.0 Å². The SMILES string of the molecule is Cc1cccc(C=CC(=O)N(C)[C@@H]2CC[C@H]3[C@H]4Cc5ccc(O)c6c5[C@@]3(CCN4CC(C)c3ccccc3)[C@H]2O6)c1. The Kier molecular flexibility index (Phi) is 6.46. The summed E-state index contributed by atoms with van der Waals surface area (Å²) in [7, 11) is 1.93. The van der Waals surface area contributed by atoms with E-state index in [1.54, 1.807) is 6.08 Å². The number of ether oxygens (including phenoxy) is 1. The maximum absolute atomic E-state index is 13.5. The number of nitrogens with zero attached hydrogens (tertiary/aromatic N) is 2. The van der Waals surface area contributed by atoms with Crippen molar-refractivity contribution >= 4 is 12.0 Å². The van der Waals surface area contributed by atoms with Crippen molar-refractivity contribution in [2.24, 2.45) is 5.92 Å². The molecule has 0 radical (unpaired) electrons. The summed E-state index contributed by atoms with van der Waals surface area (Å²) in [5, 5.41) is 10.9. The molecule has 1 N–H and O–H groups in total. The number of likely N-dealkylation sites (tertiary alicyclic amines) is 1. The summed E-state index contributed by atoms with van der Waals surface area (Å²) >= 11 is 0. The van der Waals surface area contributed by atoms with Crippen molar-refractivity contribution in [3.05, 3.63) is 101 Å². The van der Waals surface area contributed by atoms with Gasteiger partial charge in [0.15, 0.2) is 11.5 Å². The van der Waals surface area contributed by atoms with Gasteiger partial charge in [0.1, 0.15) is 6.10 Å². The first-order chi connectivity index (χ1) is 19.9. The zero-order valence-electron chi connectivity index (χ0n) is 24.3. The van der Waals surface area contributed by atoms with Crippen LogP contribution in [0, 0.1) is 12.8 Å². The fourth-order valence-corrected chi connectivity index (χ4v) is 8.68. The number of likely N-dealkylation sites (N-methyl/N-ethyl adjacent to an activating group) is 1. The molecule has 3 aromatic carbocycles. The molecule has 2 fully saturated rings. The van der Waals surface area contributed by atoms with Gasteiger partial charge in [0.2, 0.25) is 5.91 Å². The average Bonchev–Trinajstić information content (AvgIpc) is 3.34. The van der Waals surface area contributed by atoms with E-state index in [1.807, 2.05) is 36.2 Å². The van der Waals surface area contributed by atoms with Gasteiger partial charge in [0, 0.05) is 36.7 Å². The molecule has 5 heteroatoms. The standard InChI is InChI=1S/C36H40N2O3/c1-23-8-7-9-25(20-23)12-17-32(40)37(3)29-15-14-28-30-21-27-13-16-31(39)34-33(27)36(28,35(29)41-34)18-19-38(30)22-24(2)26-10-5-4-6-11-26/h4-13,16-17,20,24,28-30,35,39H,14-15,18-19,21-22H2,1-3H3/t24?,28-,29+,30+,35-,36-/m0/s1. The van der Waals surface area contributed by atoms with Crippen molar-refractivity contribution in [3.63, 3.8) is 0 Å². The van der Waals surface area contributed by atoms with Gasteiger partial charge in [-0.25, -0.2) is 0 Å². The predicted molar refractivity (Wildman–Crippen MR) is 162 cm³/mol. The summed E-state index contributed by atoms with van der Waals surface area (Å²) in [6.45, 7) is 6.45. The maximum atomic E-state index is 13.5. The maximum Gasteiger partial charge on any atom is 0.246 e. The van der Waals surface area contributed by atoms with Crippen LogP contribution in [0.15, 0.2) is 72.8 Å². The minimum Gasteiger partial charge on any atom is -0.504 e. The molecule has 4 aliphatic rings. The molecule has 1 spiro atoms. The Morgan fingerprint density at radius 1 is 1.15 bits per heavy atom. The third-order valence-corrected chi connectivity index (χ3v) is 10.6. The molecule has 2 aliphatic carbocycles. The van der Waals surface area contributed by atoms with Crippen LogP contribution in [0.3, 0.4) is 0 Å². The number of rotatable bonds is 6. The highest BCUT2D eigenvalue weighted by Gasteiger charge is 2.66. The Hall–Kier alpha value is -3.57. The molecule has 2 aliphatic heterocycles. The number of carbonyl (C=O) groups is 1. The third kappa shape index (κ3) is 4.20. The molecule has 1 saturated heterocycles. The van der Waals surface area contributed by atoms with Crippen molar-refractivity contribution in [1.82, 2.24) is 9.80 Å². The lowest BCUT2D eigenvalue weighted by Gasteiger charge is -2.60. The smallest absolute Gasteiger partial charge is 0.246 e. The number of piperidine rings is 1. The second-order valence-corrected chi connectivity index (χ2v) is 12.8. The molecule has 6 atom stereocenters. The van der Waals surface area contributed by atoms with Crippen molar-refractivity contribution in [3.8, 4) is 11.5 Å². The van der Waals surface area contributed by atoms with E-state index in [1.165, 1.54) is 22.3 Å². The number of phenolic OH excluding ortho intramolecular Hbond substituents is 1. The molecule has 1 unspecified atom stereocenters. The van der Waals surface area contributed by atoms with Gasteiger partial charge in [0.25, 0.3) is 0 Å². The van der Waals surface area contributed by atoms with Gasteiger partial charge >= 0.3 is 0 Å². The van der Waals surface area contributed by atoms with E-state index in [0.717, 1.165) is 44.3 Å². The molecular weight excluding hydrogens is 508 g/mol. The number of aromatic hydroxyl groups is 1. The van der Waals surface area contributed by atoms with E-state index in [4.69, 9.17) is 4.74 Å². The predicted octanol–water partition coefficient (Wildman–Crippen LogP) is 6.08. The third-order valence-electron chi connectivity index (χ3n) is 10.6. The van der Waals surface area contributed by atoms with E-state index >= 15 is 0 Å². The van der Waals surface area contributed by atoms with Gasteiger partial charge in [-0.05, 0) is 79.8 Å². The Morgan fingerprint density at radius 2 is 1.98 bits per heavy atom. The Bertz CT molecular complexity index is 1500. The van der Waals surface area contributed by atoms with Crippen LogP contribution in [0.4, 0.5) is 0 Å². The van der Waals surface area contributed by atoms with Crippen LogP contribution in [0.1, 0.15) is 59.9 Å². The second kappa shape index (κ2) is 10.1. The van der Waals surface area contributed by atoms with E-state index in [-0.39, 0.29) is 29.2 Å². The summed E-state index contributed by atoms with van der Waals surface area (Å²) in [6.07, 6.45) is 7.39. The van der Waals surface area contributed by atoms with Crippen LogP contribution in [-0.2, 0) is 16.6 Å². The molecule has 41 heavy (non-hydrogen) atoms. The summed E-state index contributed by atoms with van der Waals surface area (Å²) in [4.78, 5) is 18.1. The van der Waals surface area contributed by atoms with E-state index in [0.29, 0.717) is 23.6 Å². The van der Waals surface area contributed by atoms with Gasteiger partial charge in [-0.15, -0.1) is 0 Å². The van der Waals surface area contributed by atoms with Crippen LogP contribution >= 0.6 is 0 Å². The highest BCUT2D eigenvalue weighted by molar-refractivity contribution is 5.92. The zero-order chi connectivity index (χ0) is 28.3. The number of phenols is 1. The van der Waals surface area contributed by atoms with Crippen LogP contribution < -0.4 is 4.74 Å². The number of amides is 1. The number of hydrogen-bond acceptors (Lipinski definition) is 4. The Labute approximate surface area is 243 Å².